The molecule has 0 unspecified atom stereocenters. The van der Waals surface area contributed by atoms with Crippen LogP contribution in [0.15, 0.2) is 42.7 Å². The first-order valence-electron chi connectivity index (χ1n) is 8.62. The lowest BCUT2D eigenvalue weighted by molar-refractivity contribution is -0.120. The van der Waals surface area contributed by atoms with Crippen molar-refractivity contribution in [2.75, 3.05) is 23.3 Å². The van der Waals surface area contributed by atoms with E-state index >= 15 is 0 Å². The van der Waals surface area contributed by atoms with Crippen LogP contribution in [0.1, 0.15) is 12.8 Å². The number of anilines is 2. The third kappa shape index (κ3) is 4.06. The monoisotopic (exact) mass is 400 g/mol. The molecule has 1 aliphatic heterocycles. The van der Waals surface area contributed by atoms with Gasteiger partial charge in [-0.2, -0.15) is 0 Å². The summed E-state index contributed by atoms with van der Waals surface area (Å²) in [5.41, 5.74) is 0.813. The molecular weight excluding hydrogens is 384 g/mol. The number of carbonyl (C=O) groups excluding carboxylic acids is 1. The van der Waals surface area contributed by atoms with Crippen molar-refractivity contribution in [1.29, 1.82) is 0 Å². The molecule has 27 heavy (non-hydrogen) atoms. The van der Waals surface area contributed by atoms with E-state index in [0.717, 1.165) is 31.5 Å². The Balaban J connectivity index is 1.36. The summed E-state index contributed by atoms with van der Waals surface area (Å²) in [4.78, 5) is 23.2. The van der Waals surface area contributed by atoms with E-state index in [1.807, 2.05) is 18.2 Å². The fraction of sp³-hybridized carbons (Fsp3) is 0.278. The molecule has 0 bridgehead atoms. The van der Waals surface area contributed by atoms with E-state index in [0.29, 0.717) is 21.1 Å². The number of hydrogen-bond donors (Lipinski definition) is 1. The maximum atomic E-state index is 12.6. The number of nitrogens with zero attached hydrogens (tertiary/aromatic N) is 5. The molecule has 3 aromatic rings. The highest BCUT2D eigenvalue weighted by Crippen LogP contribution is 2.32. The number of rotatable bonds is 4. The summed E-state index contributed by atoms with van der Waals surface area (Å²) in [5.74, 6) is 0.632. The highest BCUT2D eigenvalue weighted by atomic mass is 35.5. The van der Waals surface area contributed by atoms with E-state index < -0.39 is 0 Å². The predicted octanol–water partition coefficient (Wildman–Crippen LogP) is 3.50. The van der Waals surface area contributed by atoms with Gasteiger partial charge in [-0.15, -0.1) is 10.2 Å². The van der Waals surface area contributed by atoms with Crippen molar-refractivity contribution in [1.82, 2.24) is 20.2 Å². The molecule has 1 aromatic carbocycles. The average Bonchev–Trinajstić information content (AvgIpc) is 3.17. The molecule has 1 saturated heterocycles. The summed E-state index contributed by atoms with van der Waals surface area (Å²) in [7, 11) is 0. The minimum absolute atomic E-state index is 0.0227. The van der Waals surface area contributed by atoms with E-state index in [4.69, 9.17) is 11.6 Å². The first kappa shape index (κ1) is 17.8. The third-order valence-electron chi connectivity index (χ3n) is 4.46. The van der Waals surface area contributed by atoms with Crippen molar-refractivity contribution in [2.45, 2.75) is 12.8 Å². The summed E-state index contributed by atoms with van der Waals surface area (Å²) < 4.78 is 0. The fourth-order valence-corrected chi connectivity index (χ4v) is 4.09. The van der Waals surface area contributed by atoms with Gasteiger partial charge in [0.25, 0.3) is 0 Å². The van der Waals surface area contributed by atoms with Gasteiger partial charge in [-0.3, -0.25) is 4.79 Å². The lowest BCUT2D eigenvalue weighted by Gasteiger charge is -2.30. The average molecular weight is 401 g/mol. The van der Waals surface area contributed by atoms with Crippen LogP contribution in [0.4, 0.5) is 11.1 Å². The number of halogens is 1. The van der Waals surface area contributed by atoms with Crippen LogP contribution in [-0.2, 0) is 4.79 Å². The van der Waals surface area contributed by atoms with Crippen LogP contribution in [0, 0.1) is 5.92 Å². The SMILES string of the molecule is O=C(Nc1nnc(-c2ccccc2Cl)s1)C1CCN(c2ncccn2)CC1. The molecule has 0 spiro atoms. The lowest BCUT2D eigenvalue weighted by Crippen LogP contribution is -2.39. The normalized spacial score (nSPS) is 14.9. The van der Waals surface area contributed by atoms with Crippen LogP contribution in [-0.4, -0.2) is 39.2 Å². The molecule has 1 aliphatic rings. The number of amides is 1. The Hall–Kier alpha value is -2.58. The summed E-state index contributed by atoms with van der Waals surface area (Å²) >= 11 is 7.52. The molecule has 9 heteroatoms. The lowest BCUT2D eigenvalue weighted by atomic mass is 9.96. The van der Waals surface area contributed by atoms with Gasteiger partial charge in [-0.25, -0.2) is 9.97 Å². The second-order valence-corrected chi connectivity index (χ2v) is 7.58. The second kappa shape index (κ2) is 7.98. The van der Waals surface area contributed by atoms with Crippen molar-refractivity contribution in [2.24, 2.45) is 5.92 Å². The molecule has 0 atom stereocenters. The summed E-state index contributed by atoms with van der Waals surface area (Å²) in [6.07, 6.45) is 4.96. The minimum Gasteiger partial charge on any atom is -0.341 e. The molecule has 7 nitrogen and oxygen atoms in total. The van der Waals surface area contributed by atoms with Crippen LogP contribution < -0.4 is 10.2 Å². The van der Waals surface area contributed by atoms with Gasteiger partial charge in [-0.1, -0.05) is 41.1 Å². The summed E-state index contributed by atoms with van der Waals surface area (Å²) in [6.45, 7) is 1.51. The van der Waals surface area contributed by atoms with Crippen LogP contribution in [0.5, 0.6) is 0 Å². The molecule has 1 N–H and O–H groups in total. The van der Waals surface area contributed by atoms with Gasteiger partial charge >= 0.3 is 0 Å². The van der Waals surface area contributed by atoms with Gasteiger partial charge in [0.15, 0.2) is 5.01 Å². The Labute approximate surface area is 165 Å². The molecule has 3 heterocycles. The topological polar surface area (TPSA) is 83.9 Å². The largest absolute Gasteiger partial charge is 0.341 e. The van der Waals surface area contributed by atoms with E-state index in [9.17, 15) is 4.79 Å². The van der Waals surface area contributed by atoms with Crippen LogP contribution in [0.2, 0.25) is 5.02 Å². The van der Waals surface area contributed by atoms with Gasteiger partial charge in [0.05, 0.1) is 5.02 Å². The Morgan fingerprint density at radius 1 is 1.11 bits per heavy atom. The van der Waals surface area contributed by atoms with Gasteiger partial charge in [0.2, 0.25) is 17.0 Å². The Bertz CT molecular complexity index is 926. The quantitative estimate of drug-likeness (QED) is 0.721. The Morgan fingerprint density at radius 2 is 1.85 bits per heavy atom. The van der Waals surface area contributed by atoms with E-state index in [1.165, 1.54) is 11.3 Å². The first-order valence-corrected chi connectivity index (χ1v) is 9.81. The van der Waals surface area contributed by atoms with E-state index in [-0.39, 0.29) is 11.8 Å². The smallest absolute Gasteiger partial charge is 0.229 e. The Kier molecular flexibility index (Phi) is 5.26. The number of aromatic nitrogens is 4. The predicted molar refractivity (Wildman–Crippen MR) is 106 cm³/mol. The molecule has 1 amide bonds. The number of nitrogens with one attached hydrogen (secondary N) is 1. The number of piperidine rings is 1. The van der Waals surface area contributed by atoms with E-state index in [2.05, 4.69) is 30.4 Å². The van der Waals surface area contributed by atoms with Crippen molar-refractivity contribution >= 4 is 39.9 Å². The fourth-order valence-electron chi connectivity index (χ4n) is 3.02. The molecule has 138 valence electrons. The van der Waals surface area contributed by atoms with Gasteiger partial charge < -0.3 is 10.2 Å². The van der Waals surface area contributed by atoms with Crippen LogP contribution >= 0.6 is 22.9 Å². The number of carbonyl (C=O) groups is 1. The molecule has 0 aliphatic carbocycles. The highest BCUT2D eigenvalue weighted by molar-refractivity contribution is 7.18. The molecule has 2 aromatic heterocycles. The summed E-state index contributed by atoms with van der Waals surface area (Å²) in [5, 5.41) is 12.9. The van der Waals surface area contributed by atoms with E-state index in [1.54, 1.807) is 24.5 Å². The third-order valence-corrected chi connectivity index (χ3v) is 5.66. The van der Waals surface area contributed by atoms with Crippen molar-refractivity contribution in [3.8, 4) is 10.6 Å². The first-order chi connectivity index (χ1) is 13.2. The van der Waals surface area contributed by atoms with Gasteiger partial charge in [-0.05, 0) is 25.0 Å². The number of benzene rings is 1. The maximum absolute atomic E-state index is 12.6. The van der Waals surface area contributed by atoms with Crippen LogP contribution in [0.3, 0.4) is 0 Å². The van der Waals surface area contributed by atoms with Crippen molar-refractivity contribution in [3.05, 3.63) is 47.7 Å². The van der Waals surface area contributed by atoms with Crippen molar-refractivity contribution < 1.29 is 4.79 Å². The number of hydrogen-bond acceptors (Lipinski definition) is 7. The highest BCUT2D eigenvalue weighted by Gasteiger charge is 2.26. The standard InChI is InChI=1S/C18H17ClN6OS/c19-14-5-2-1-4-13(14)16-23-24-18(27-16)22-15(26)12-6-10-25(11-7-12)17-20-8-3-9-21-17/h1-5,8-9,12H,6-7,10-11H2,(H,22,24,26). The van der Waals surface area contributed by atoms with Crippen molar-refractivity contribution in [3.63, 3.8) is 0 Å². The second-order valence-electron chi connectivity index (χ2n) is 6.19. The zero-order valence-electron chi connectivity index (χ0n) is 14.4. The maximum Gasteiger partial charge on any atom is 0.229 e. The molecule has 0 radical (unpaired) electrons. The molecule has 1 fully saturated rings. The van der Waals surface area contributed by atoms with Gasteiger partial charge in [0, 0.05) is 37.0 Å². The van der Waals surface area contributed by atoms with Gasteiger partial charge in [0.1, 0.15) is 0 Å². The summed E-state index contributed by atoms with van der Waals surface area (Å²) in [6, 6.07) is 9.24. The Morgan fingerprint density at radius 3 is 2.59 bits per heavy atom. The van der Waals surface area contributed by atoms with Crippen LogP contribution in [0.25, 0.3) is 10.6 Å². The molecule has 0 saturated carbocycles. The molecule has 4 rings (SSSR count). The minimum atomic E-state index is -0.0578. The zero-order chi connectivity index (χ0) is 18.6. The molecular formula is C18H17ClN6OS. The zero-order valence-corrected chi connectivity index (χ0v) is 16.0.